The van der Waals surface area contributed by atoms with Crippen LogP contribution in [-0.4, -0.2) is 84.6 Å². The predicted molar refractivity (Wildman–Crippen MR) is 129 cm³/mol. The summed E-state index contributed by atoms with van der Waals surface area (Å²) in [7, 11) is 0. The van der Waals surface area contributed by atoms with Crippen molar-refractivity contribution in [3.63, 3.8) is 0 Å². The summed E-state index contributed by atoms with van der Waals surface area (Å²) in [5.41, 5.74) is 1.51. The van der Waals surface area contributed by atoms with Crippen molar-refractivity contribution in [1.29, 1.82) is 0 Å². The van der Waals surface area contributed by atoms with E-state index < -0.39 is 0 Å². The number of rotatable bonds is 22. The van der Waals surface area contributed by atoms with Gasteiger partial charge in [0.15, 0.2) is 0 Å². The van der Waals surface area contributed by atoms with Gasteiger partial charge in [0.25, 0.3) is 0 Å². The van der Waals surface area contributed by atoms with Crippen molar-refractivity contribution in [2.24, 2.45) is 0 Å². The second-order valence-electron chi connectivity index (χ2n) is 7.41. The molecule has 34 heavy (non-hydrogen) atoms. The minimum Gasteiger partial charge on any atom is -0.463 e. The van der Waals surface area contributed by atoms with Crippen LogP contribution in [0.25, 0.3) is 0 Å². The summed E-state index contributed by atoms with van der Waals surface area (Å²) in [6, 6.07) is 7.27. The topological polar surface area (TPSA) is 102 Å². The van der Waals surface area contributed by atoms with Crippen LogP contribution in [0.15, 0.2) is 24.3 Å². The lowest BCUT2D eigenvalue weighted by Crippen LogP contribution is -2.15. The van der Waals surface area contributed by atoms with E-state index in [9.17, 15) is 9.59 Å². The third kappa shape index (κ3) is 16.4. The second-order valence-corrected chi connectivity index (χ2v) is 7.41. The van der Waals surface area contributed by atoms with Gasteiger partial charge < -0.3 is 33.7 Å². The maximum absolute atomic E-state index is 12.0. The Morgan fingerprint density at radius 2 is 1.18 bits per heavy atom. The second kappa shape index (κ2) is 21.3. The monoisotopic (exact) mass is 483 g/mol. The molecule has 1 rings (SSSR count). The fraction of sp³-hybridized carbons (Fsp3) is 0.680. The number of esters is 2. The van der Waals surface area contributed by atoms with E-state index in [1.807, 2.05) is 19.1 Å². The highest BCUT2D eigenvalue weighted by molar-refractivity contribution is 5.89. The number of benzene rings is 1. The van der Waals surface area contributed by atoms with Crippen molar-refractivity contribution >= 4 is 17.6 Å². The van der Waals surface area contributed by atoms with Crippen LogP contribution < -0.4 is 5.32 Å². The molecule has 0 fully saturated rings. The molecule has 194 valence electrons. The molecular formula is C25H41NO8. The molecule has 0 saturated carbocycles. The van der Waals surface area contributed by atoms with Crippen LogP contribution in [-0.2, 0) is 33.2 Å². The predicted octanol–water partition coefficient (Wildman–Crippen LogP) is 3.47. The molecule has 1 aromatic carbocycles. The van der Waals surface area contributed by atoms with E-state index in [1.165, 1.54) is 0 Å². The average molecular weight is 484 g/mol. The molecule has 0 aliphatic heterocycles. The van der Waals surface area contributed by atoms with Gasteiger partial charge in [-0.2, -0.15) is 0 Å². The van der Waals surface area contributed by atoms with Gasteiger partial charge in [-0.05, 0) is 37.1 Å². The zero-order chi connectivity index (χ0) is 24.7. The van der Waals surface area contributed by atoms with Crippen LogP contribution in [0.4, 0.5) is 5.69 Å². The molecule has 0 aliphatic rings. The van der Waals surface area contributed by atoms with Crippen molar-refractivity contribution in [2.45, 2.75) is 39.5 Å². The maximum atomic E-state index is 12.0. The van der Waals surface area contributed by atoms with Crippen LogP contribution in [0, 0.1) is 0 Å². The van der Waals surface area contributed by atoms with Crippen LogP contribution in [0.1, 0.15) is 49.9 Å². The van der Waals surface area contributed by atoms with E-state index >= 15 is 0 Å². The average Bonchev–Trinajstić information content (AvgIpc) is 2.84. The summed E-state index contributed by atoms with van der Waals surface area (Å²) in [5, 5.41) is 3.31. The highest BCUT2D eigenvalue weighted by Crippen LogP contribution is 2.10. The van der Waals surface area contributed by atoms with Crippen molar-refractivity contribution in [3.05, 3.63) is 29.8 Å². The molecule has 9 heteroatoms. The fourth-order valence-corrected chi connectivity index (χ4v) is 2.66. The van der Waals surface area contributed by atoms with E-state index in [0.717, 1.165) is 31.5 Å². The summed E-state index contributed by atoms with van der Waals surface area (Å²) >= 11 is 0. The molecule has 0 saturated heterocycles. The number of unbranched alkanes of at least 4 members (excludes halogenated alkanes) is 1. The summed E-state index contributed by atoms with van der Waals surface area (Å²) in [6.07, 6.45) is 3.47. The number of carbonyl (C=O) groups excluding carboxylic acids is 2. The smallest absolute Gasteiger partial charge is 0.338 e. The van der Waals surface area contributed by atoms with Gasteiger partial charge in [-0.25, -0.2) is 4.79 Å². The molecule has 0 bridgehead atoms. The molecule has 1 aromatic rings. The van der Waals surface area contributed by atoms with Gasteiger partial charge in [0.1, 0.15) is 13.2 Å². The Morgan fingerprint density at radius 3 is 1.68 bits per heavy atom. The lowest BCUT2D eigenvalue weighted by atomic mass is 10.2. The molecular weight excluding hydrogens is 442 g/mol. The zero-order valence-corrected chi connectivity index (χ0v) is 20.7. The van der Waals surface area contributed by atoms with Gasteiger partial charge in [-0.15, -0.1) is 0 Å². The SMILES string of the molecule is CCCCNc1ccc(C(=O)OCCOCCOCCOCCOCCOC(=O)CCC)cc1. The number of carbonyl (C=O) groups is 2. The van der Waals surface area contributed by atoms with E-state index in [2.05, 4.69) is 12.2 Å². The van der Waals surface area contributed by atoms with Gasteiger partial charge in [-0.3, -0.25) is 4.79 Å². The molecule has 0 aromatic heterocycles. The first-order valence-corrected chi connectivity index (χ1v) is 12.1. The first kappa shape index (κ1) is 29.8. The Morgan fingerprint density at radius 1 is 0.676 bits per heavy atom. The summed E-state index contributed by atoms with van der Waals surface area (Å²) in [5.74, 6) is -0.556. The van der Waals surface area contributed by atoms with E-state index in [1.54, 1.807) is 12.1 Å². The van der Waals surface area contributed by atoms with Gasteiger partial charge in [0, 0.05) is 18.7 Å². The Balaban J connectivity index is 1.86. The molecule has 0 spiro atoms. The van der Waals surface area contributed by atoms with Crippen LogP contribution in [0.5, 0.6) is 0 Å². The first-order chi connectivity index (χ1) is 16.7. The molecule has 0 radical (unpaired) electrons. The molecule has 0 atom stereocenters. The van der Waals surface area contributed by atoms with Crippen LogP contribution in [0.2, 0.25) is 0 Å². The number of anilines is 1. The van der Waals surface area contributed by atoms with Crippen molar-refractivity contribution < 1.29 is 38.0 Å². The number of nitrogens with one attached hydrogen (secondary N) is 1. The van der Waals surface area contributed by atoms with Gasteiger partial charge >= 0.3 is 11.9 Å². The normalized spacial score (nSPS) is 10.8. The first-order valence-electron chi connectivity index (χ1n) is 12.1. The van der Waals surface area contributed by atoms with Crippen molar-refractivity contribution in [3.8, 4) is 0 Å². The summed E-state index contributed by atoms with van der Waals surface area (Å²) in [4.78, 5) is 23.2. The summed E-state index contributed by atoms with van der Waals surface area (Å²) < 4.78 is 31.7. The molecule has 0 amide bonds. The zero-order valence-electron chi connectivity index (χ0n) is 20.7. The Bertz CT molecular complexity index is 638. The fourth-order valence-electron chi connectivity index (χ4n) is 2.66. The Hall–Kier alpha value is -2.20. The van der Waals surface area contributed by atoms with E-state index in [-0.39, 0.29) is 25.2 Å². The Kier molecular flexibility index (Phi) is 18.7. The van der Waals surface area contributed by atoms with Crippen molar-refractivity contribution in [2.75, 3.05) is 77.9 Å². The Labute approximate surface area is 203 Å². The molecule has 0 unspecified atom stereocenters. The number of hydrogen-bond acceptors (Lipinski definition) is 9. The lowest BCUT2D eigenvalue weighted by Gasteiger charge is -2.09. The molecule has 0 heterocycles. The van der Waals surface area contributed by atoms with Gasteiger partial charge in [-0.1, -0.05) is 20.3 Å². The van der Waals surface area contributed by atoms with Gasteiger partial charge in [0.05, 0.1) is 58.4 Å². The largest absolute Gasteiger partial charge is 0.463 e. The van der Waals surface area contributed by atoms with Crippen molar-refractivity contribution in [1.82, 2.24) is 0 Å². The van der Waals surface area contributed by atoms with Crippen LogP contribution in [0.3, 0.4) is 0 Å². The number of ether oxygens (including phenoxy) is 6. The van der Waals surface area contributed by atoms with E-state index in [0.29, 0.717) is 64.8 Å². The minimum absolute atomic E-state index is 0.191. The molecule has 1 N–H and O–H groups in total. The molecule has 0 aliphatic carbocycles. The summed E-state index contributed by atoms with van der Waals surface area (Å²) in [6.45, 7) is 8.78. The third-order valence-electron chi connectivity index (χ3n) is 4.50. The standard InChI is InChI=1S/C25H41NO8/c1-3-5-11-26-23-9-7-22(8-10-23)25(28)34-21-19-32-17-15-30-13-12-29-14-16-31-18-20-33-24(27)6-4-2/h7-10,26H,3-6,11-21H2,1-2H3. The highest BCUT2D eigenvalue weighted by Gasteiger charge is 2.06. The van der Waals surface area contributed by atoms with Crippen LogP contribution >= 0.6 is 0 Å². The number of hydrogen-bond donors (Lipinski definition) is 1. The highest BCUT2D eigenvalue weighted by atomic mass is 16.6. The lowest BCUT2D eigenvalue weighted by molar-refractivity contribution is -0.145. The minimum atomic E-state index is -0.362. The molecule has 9 nitrogen and oxygen atoms in total. The van der Waals surface area contributed by atoms with Gasteiger partial charge in [0.2, 0.25) is 0 Å². The third-order valence-corrected chi connectivity index (χ3v) is 4.50. The quantitative estimate of drug-likeness (QED) is 0.196. The van der Waals surface area contributed by atoms with E-state index in [4.69, 9.17) is 28.4 Å². The maximum Gasteiger partial charge on any atom is 0.338 e.